The minimum Gasteiger partial charge on any atom is -0.452 e. The van der Waals surface area contributed by atoms with Crippen molar-refractivity contribution in [3.8, 4) is 0 Å². The summed E-state index contributed by atoms with van der Waals surface area (Å²) in [5.41, 5.74) is 0.397. The molecule has 7 heteroatoms. The first-order valence-electron chi connectivity index (χ1n) is 6.44. The van der Waals surface area contributed by atoms with Gasteiger partial charge in [-0.2, -0.15) is 0 Å². The third-order valence-electron chi connectivity index (χ3n) is 2.26. The number of hydrogen-bond acceptors (Lipinski definition) is 6. The van der Waals surface area contributed by atoms with E-state index < -0.39 is 24.6 Å². The highest BCUT2D eigenvalue weighted by Crippen LogP contribution is 2.22. The van der Waals surface area contributed by atoms with Gasteiger partial charge < -0.3 is 9.47 Å². The predicted molar refractivity (Wildman–Crippen MR) is 78.3 cm³/mol. The molecule has 1 aromatic carbocycles. The van der Waals surface area contributed by atoms with Crippen molar-refractivity contribution in [3.63, 3.8) is 0 Å². The van der Waals surface area contributed by atoms with E-state index in [0.29, 0.717) is 5.56 Å². The van der Waals surface area contributed by atoms with Gasteiger partial charge in [0, 0.05) is 4.90 Å². The van der Waals surface area contributed by atoms with Crippen molar-refractivity contribution < 1.29 is 23.9 Å². The molecule has 1 aromatic rings. The average Bonchev–Trinajstić information content (AvgIpc) is 2.46. The highest BCUT2D eigenvalue weighted by Gasteiger charge is 2.15. The Bertz CT molecular complexity index is 518. The summed E-state index contributed by atoms with van der Waals surface area (Å²) < 4.78 is 9.42. The molecule has 1 rings (SSSR count). The summed E-state index contributed by atoms with van der Waals surface area (Å²) in [6.07, 6.45) is -0.861. The van der Waals surface area contributed by atoms with Crippen LogP contribution in [-0.2, 0) is 14.3 Å². The zero-order valence-electron chi connectivity index (χ0n) is 11.9. The van der Waals surface area contributed by atoms with Crippen LogP contribution < -0.4 is 5.32 Å². The number of alkyl carbamates (subject to hydrolysis) is 1. The van der Waals surface area contributed by atoms with Gasteiger partial charge in [-0.1, -0.05) is 19.1 Å². The minimum atomic E-state index is -0.861. The monoisotopic (exact) mass is 311 g/mol. The molecular weight excluding hydrogens is 294 g/mol. The molecule has 0 aliphatic rings. The molecule has 0 bridgehead atoms. The number of carbonyl (C=O) groups is 3. The molecule has 21 heavy (non-hydrogen) atoms. The number of thioether (sulfide) groups is 1. The smallest absolute Gasteiger partial charge is 0.413 e. The maximum absolute atomic E-state index is 11.9. The van der Waals surface area contributed by atoms with Crippen LogP contribution in [0.4, 0.5) is 4.79 Å². The van der Waals surface area contributed by atoms with Crippen LogP contribution in [0, 0.1) is 0 Å². The van der Waals surface area contributed by atoms with Crippen LogP contribution in [0.15, 0.2) is 29.2 Å². The molecule has 0 atom stereocenters. The number of benzene rings is 1. The van der Waals surface area contributed by atoms with Crippen molar-refractivity contribution in [2.45, 2.75) is 18.7 Å². The summed E-state index contributed by atoms with van der Waals surface area (Å²) in [5, 5.41) is 1.94. The molecule has 0 heterocycles. The van der Waals surface area contributed by atoms with Gasteiger partial charge >= 0.3 is 12.1 Å². The Morgan fingerprint density at radius 1 is 1.14 bits per heavy atom. The Hall–Kier alpha value is -2.02. The van der Waals surface area contributed by atoms with Crippen LogP contribution >= 0.6 is 11.8 Å². The van der Waals surface area contributed by atoms with Crippen LogP contribution in [0.3, 0.4) is 0 Å². The lowest BCUT2D eigenvalue weighted by molar-refractivity contribution is -0.123. The quantitative estimate of drug-likeness (QED) is 0.641. The molecule has 0 unspecified atom stereocenters. The molecule has 0 aromatic heterocycles. The van der Waals surface area contributed by atoms with E-state index in [0.717, 1.165) is 10.6 Å². The van der Waals surface area contributed by atoms with E-state index in [4.69, 9.17) is 4.74 Å². The lowest BCUT2D eigenvalue weighted by Gasteiger charge is -2.08. The highest BCUT2D eigenvalue weighted by atomic mass is 32.2. The fraction of sp³-hybridized carbons (Fsp3) is 0.357. The van der Waals surface area contributed by atoms with Crippen LogP contribution in [0.2, 0.25) is 0 Å². The fourth-order valence-corrected chi connectivity index (χ4v) is 2.24. The number of imide groups is 1. The zero-order valence-corrected chi connectivity index (χ0v) is 12.7. The van der Waals surface area contributed by atoms with Crippen molar-refractivity contribution in [2.75, 3.05) is 19.0 Å². The van der Waals surface area contributed by atoms with Crippen LogP contribution in [0.25, 0.3) is 0 Å². The highest BCUT2D eigenvalue weighted by molar-refractivity contribution is 7.99. The summed E-state index contributed by atoms with van der Waals surface area (Å²) in [5.74, 6) is -0.527. The van der Waals surface area contributed by atoms with E-state index >= 15 is 0 Å². The first-order valence-corrected chi connectivity index (χ1v) is 7.42. The standard InChI is InChI=1S/C14H17NO5S/c1-3-19-14(18)15-12(16)9-20-13(17)10-7-5-6-8-11(10)21-4-2/h5-8H,3-4,9H2,1-2H3,(H,15,16,18). The van der Waals surface area contributed by atoms with Gasteiger partial charge in [0.15, 0.2) is 6.61 Å². The van der Waals surface area contributed by atoms with Crippen molar-refractivity contribution in [1.82, 2.24) is 5.32 Å². The van der Waals surface area contributed by atoms with Crippen molar-refractivity contribution in [3.05, 3.63) is 29.8 Å². The van der Waals surface area contributed by atoms with Gasteiger partial charge in [0.2, 0.25) is 0 Å². The number of esters is 1. The molecule has 0 aliphatic heterocycles. The summed E-state index contributed by atoms with van der Waals surface area (Å²) in [6, 6.07) is 6.98. The van der Waals surface area contributed by atoms with Gasteiger partial charge in [-0.25, -0.2) is 9.59 Å². The molecule has 1 N–H and O–H groups in total. The molecule has 0 radical (unpaired) electrons. The Balaban J connectivity index is 2.54. The summed E-state index contributed by atoms with van der Waals surface area (Å²) in [6.45, 7) is 3.20. The zero-order chi connectivity index (χ0) is 15.7. The van der Waals surface area contributed by atoms with E-state index in [1.54, 1.807) is 19.1 Å². The Kier molecular flexibility index (Phi) is 7.31. The number of rotatable bonds is 6. The van der Waals surface area contributed by atoms with Crippen LogP contribution in [0.5, 0.6) is 0 Å². The molecular formula is C14H17NO5S. The van der Waals surface area contributed by atoms with Gasteiger partial charge in [-0.15, -0.1) is 11.8 Å². The van der Waals surface area contributed by atoms with Crippen LogP contribution in [-0.4, -0.2) is 36.9 Å². The molecule has 2 amide bonds. The molecule has 0 fully saturated rings. The van der Waals surface area contributed by atoms with Crippen molar-refractivity contribution in [2.24, 2.45) is 0 Å². The van der Waals surface area contributed by atoms with Gasteiger partial charge in [-0.05, 0) is 24.8 Å². The first kappa shape index (κ1) is 17.0. The third kappa shape index (κ3) is 5.86. The third-order valence-corrected chi connectivity index (χ3v) is 3.21. The molecule has 0 aliphatic carbocycles. The molecule has 6 nitrogen and oxygen atoms in total. The number of ether oxygens (including phenoxy) is 2. The number of carbonyl (C=O) groups excluding carboxylic acids is 3. The second-order valence-corrected chi connectivity index (χ2v) is 5.08. The Labute approximate surface area is 127 Å². The lowest BCUT2D eigenvalue weighted by atomic mass is 10.2. The first-order chi connectivity index (χ1) is 10.1. The topological polar surface area (TPSA) is 81.7 Å². The number of amides is 2. The van der Waals surface area contributed by atoms with Crippen molar-refractivity contribution in [1.29, 1.82) is 0 Å². The van der Waals surface area contributed by atoms with Crippen molar-refractivity contribution >= 4 is 29.7 Å². The summed E-state index contributed by atoms with van der Waals surface area (Å²) >= 11 is 1.51. The second kappa shape index (κ2) is 9.02. The molecule has 0 saturated heterocycles. The molecule has 114 valence electrons. The van der Waals surface area contributed by atoms with E-state index in [-0.39, 0.29) is 6.61 Å². The SMILES string of the molecule is CCOC(=O)NC(=O)COC(=O)c1ccccc1SCC. The van der Waals surface area contributed by atoms with E-state index in [1.165, 1.54) is 11.8 Å². The fourth-order valence-electron chi connectivity index (χ4n) is 1.44. The van der Waals surface area contributed by atoms with Gasteiger partial charge in [0.1, 0.15) is 0 Å². The number of nitrogens with one attached hydrogen (secondary N) is 1. The van der Waals surface area contributed by atoms with E-state index in [9.17, 15) is 14.4 Å². The van der Waals surface area contributed by atoms with Gasteiger partial charge in [-0.3, -0.25) is 10.1 Å². The Morgan fingerprint density at radius 3 is 2.52 bits per heavy atom. The lowest BCUT2D eigenvalue weighted by Crippen LogP contribution is -2.34. The summed E-state index contributed by atoms with van der Waals surface area (Å²) in [4.78, 5) is 35.1. The Morgan fingerprint density at radius 2 is 1.86 bits per heavy atom. The summed E-state index contributed by atoms with van der Waals surface area (Å²) in [7, 11) is 0. The van der Waals surface area contributed by atoms with E-state index in [2.05, 4.69) is 4.74 Å². The molecule has 0 saturated carbocycles. The number of hydrogen-bond donors (Lipinski definition) is 1. The normalized spacial score (nSPS) is 9.81. The van der Waals surface area contributed by atoms with E-state index in [1.807, 2.05) is 24.4 Å². The average molecular weight is 311 g/mol. The maximum Gasteiger partial charge on any atom is 0.413 e. The van der Waals surface area contributed by atoms with Gasteiger partial charge in [0.05, 0.1) is 12.2 Å². The predicted octanol–water partition coefficient (Wildman–Crippen LogP) is 2.23. The maximum atomic E-state index is 11.9. The van der Waals surface area contributed by atoms with Gasteiger partial charge in [0.25, 0.3) is 5.91 Å². The molecule has 0 spiro atoms. The van der Waals surface area contributed by atoms with Crippen LogP contribution in [0.1, 0.15) is 24.2 Å². The minimum absolute atomic E-state index is 0.153. The second-order valence-electron chi connectivity index (χ2n) is 3.77. The largest absolute Gasteiger partial charge is 0.452 e.